The van der Waals surface area contributed by atoms with Gasteiger partial charge in [0.15, 0.2) is 15.2 Å². The number of anilines is 1. The maximum absolute atomic E-state index is 12.3. The van der Waals surface area contributed by atoms with Gasteiger partial charge in [-0.15, -0.1) is 0 Å². The van der Waals surface area contributed by atoms with Crippen LogP contribution in [0.2, 0.25) is 0 Å². The molecule has 102 valence electrons. The van der Waals surface area contributed by atoms with Gasteiger partial charge < -0.3 is 0 Å². The molecule has 1 heterocycles. The Morgan fingerprint density at radius 2 is 1.45 bits per heavy atom. The summed E-state index contributed by atoms with van der Waals surface area (Å²) >= 11 is 0. The molecule has 2 aromatic carbocycles. The highest BCUT2D eigenvalue weighted by Crippen LogP contribution is 2.37. The summed E-state index contributed by atoms with van der Waals surface area (Å²) in [5.41, 5.74) is 1.22. The second-order valence-electron chi connectivity index (χ2n) is 4.67. The Labute approximate surface area is 117 Å². The molecule has 0 aromatic heterocycles. The number of carbonyl (C=O) groups is 1. The lowest BCUT2D eigenvalue weighted by Gasteiger charge is -2.23. The first-order valence-electron chi connectivity index (χ1n) is 6.23. The SMILES string of the molecule is O=C1CS(=O)(=O)[C@@H](c2ccccc2)N1c1ccccc1. The van der Waals surface area contributed by atoms with E-state index in [0.717, 1.165) is 0 Å². The Morgan fingerprint density at radius 3 is 2.05 bits per heavy atom. The molecule has 0 spiro atoms. The number of rotatable bonds is 2. The predicted molar refractivity (Wildman–Crippen MR) is 76.9 cm³/mol. The molecule has 0 aliphatic carbocycles. The summed E-state index contributed by atoms with van der Waals surface area (Å²) in [6, 6.07) is 17.7. The quantitative estimate of drug-likeness (QED) is 0.850. The number of para-hydroxylation sites is 1. The smallest absolute Gasteiger partial charge is 0.243 e. The third-order valence-corrected chi connectivity index (χ3v) is 5.10. The molecule has 20 heavy (non-hydrogen) atoms. The van der Waals surface area contributed by atoms with Gasteiger partial charge in [0.2, 0.25) is 5.91 Å². The fraction of sp³-hybridized carbons (Fsp3) is 0.133. The van der Waals surface area contributed by atoms with Gasteiger partial charge in [-0.3, -0.25) is 9.69 Å². The van der Waals surface area contributed by atoms with Crippen molar-refractivity contribution in [1.82, 2.24) is 0 Å². The summed E-state index contributed by atoms with van der Waals surface area (Å²) < 4.78 is 24.6. The van der Waals surface area contributed by atoms with Gasteiger partial charge >= 0.3 is 0 Å². The van der Waals surface area contributed by atoms with Crippen molar-refractivity contribution < 1.29 is 13.2 Å². The summed E-state index contributed by atoms with van der Waals surface area (Å²) in [5.74, 6) is -0.827. The molecule has 0 unspecified atom stereocenters. The van der Waals surface area contributed by atoms with Crippen LogP contribution in [0.4, 0.5) is 5.69 Å². The molecule has 0 bridgehead atoms. The molecule has 2 aromatic rings. The number of nitrogens with zero attached hydrogens (tertiary/aromatic N) is 1. The summed E-state index contributed by atoms with van der Waals surface area (Å²) in [6.07, 6.45) is 0. The average Bonchev–Trinajstić information content (AvgIpc) is 2.70. The number of benzene rings is 2. The molecule has 1 fully saturated rings. The van der Waals surface area contributed by atoms with Gasteiger partial charge in [0.1, 0.15) is 5.75 Å². The highest BCUT2D eigenvalue weighted by atomic mass is 32.2. The zero-order valence-electron chi connectivity index (χ0n) is 10.6. The average molecular weight is 287 g/mol. The summed E-state index contributed by atoms with van der Waals surface area (Å²) in [7, 11) is -3.51. The normalized spacial score (nSPS) is 21.1. The van der Waals surface area contributed by atoms with Gasteiger partial charge in [0, 0.05) is 5.69 Å². The molecule has 1 aliphatic heterocycles. The van der Waals surface area contributed by atoms with Gasteiger partial charge in [-0.25, -0.2) is 8.42 Å². The molecule has 1 aliphatic rings. The first kappa shape index (κ1) is 12.9. The van der Waals surface area contributed by atoms with Crippen LogP contribution in [0.3, 0.4) is 0 Å². The minimum absolute atomic E-state index is 0.384. The maximum Gasteiger partial charge on any atom is 0.243 e. The van der Waals surface area contributed by atoms with E-state index >= 15 is 0 Å². The Kier molecular flexibility index (Phi) is 3.06. The Morgan fingerprint density at radius 1 is 0.900 bits per heavy atom. The molecule has 0 radical (unpaired) electrons. The topological polar surface area (TPSA) is 54.5 Å². The summed E-state index contributed by atoms with van der Waals surface area (Å²) in [5, 5.41) is -0.932. The predicted octanol–water partition coefficient (Wildman–Crippen LogP) is 2.15. The fourth-order valence-corrected chi connectivity index (χ4v) is 4.23. The van der Waals surface area contributed by atoms with E-state index in [0.29, 0.717) is 11.3 Å². The lowest BCUT2D eigenvalue weighted by molar-refractivity contribution is -0.115. The van der Waals surface area contributed by atoms with E-state index < -0.39 is 21.0 Å². The second-order valence-corrected chi connectivity index (χ2v) is 6.73. The molecular formula is C15H13NO3S. The van der Waals surface area contributed by atoms with Crippen LogP contribution in [0.5, 0.6) is 0 Å². The van der Waals surface area contributed by atoms with Gasteiger partial charge in [-0.2, -0.15) is 0 Å². The van der Waals surface area contributed by atoms with Crippen molar-refractivity contribution in [2.24, 2.45) is 0 Å². The molecule has 5 heteroatoms. The van der Waals surface area contributed by atoms with Crippen LogP contribution in [-0.4, -0.2) is 20.1 Å². The Hall–Kier alpha value is -2.14. The lowest BCUT2D eigenvalue weighted by Crippen LogP contribution is -2.28. The Balaban J connectivity index is 2.15. The minimum atomic E-state index is -3.51. The van der Waals surface area contributed by atoms with E-state index in [1.807, 2.05) is 12.1 Å². The highest BCUT2D eigenvalue weighted by Gasteiger charge is 2.45. The zero-order valence-corrected chi connectivity index (χ0v) is 11.5. The van der Waals surface area contributed by atoms with Gasteiger partial charge in [0.05, 0.1) is 0 Å². The molecule has 0 N–H and O–H groups in total. The molecule has 3 rings (SSSR count). The van der Waals surface area contributed by atoms with E-state index in [-0.39, 0.29) is 5.91 Å². The van der Waals surface area contributed by atoms with Crippen molar-refractivity contribution in [3.05, 3.63) is 66.2 Å². The van der Waals surface area contributed by atoms with E-state index in [9.17, 15) is 13.2 Å². The van der Waals surface area contributed by atoms with Crippen LogP contribution >= 0.6 is 0 Å². The van der Waals surface area contributed by atoms with Crippen molar-refractivity contribution in [3.63, 3.8) is 0 Å². The van der Waals surface area contributed by atoms with Crippen LogP contribution in [-0.2, 0) is 14.6 Å². The van der Waals surface area contributed by atoms with Gasteiger partial charge in [-0.05, 0) is 17.7 Å². The van der Waals surface area contributed by atoms with Crippen molar-refractivity contribution in [1.29, 1.82) is 0 Å². The minimum Gasteiger partial charge on any atom is -0.290 e. The molecule has 0 saturated carbocycles. The zero-order chi connectivity index (χ0) is 14.2. The van der Waals surface area contributed by atoms with E-state index in [4.69, 9.17) is 0 Å². The van der Waals surface area contributed by atoms with Crippen LogP contribution in [0, 0.1) is 0 Å². The van der Waals surface area contributed by atoms with E-state index in [1.165, 1.54) is 4.90 Å². The first-order chi connectivity index (χ1) is 9.59. The monoisotopic (exact) mass is 287 g/mol. The fourth-order valence-electron chi connectivity index (χ4n) is 2.45. The van der Waals surface area contributed by atoms with Crippen LogP contribution in [0.1, 0.15) is 10.9 Å². The largest absolute Gasteiger partial charge is 0.290 e. The molecule has 1 atom stereocenters. The number of hydrogen-bond donors (Lipinski definition) is 0. The number of amides is 1. The van der Waals surface area contributed by atoms with Crippen molar-refractivity contribution in [2.75, 3.05) is 10.7 Å². The lowest BCUT2D eigenvalue weighted by atomic mass is 10.2. The molecule has 1 saturated heterocycles. The third kappa shape index (κ3) is 2.10. The third-order valence-electron chi connectivity index (χ3n) is 3.29. The standard InChI is InChI=1S/C15H13NO3S/c17-14-11-20(18,19)15(12-7-3-1-4-8-12)16(14)13-9-5-2-6-10-13/h1-10,15H,11H2/t15-/m0/s1. The van der Waals surface area contributed by atoms with E-state index in [1.54, 1.807) is 48.5 Å². The summed E-state index contributed by atoms with van der Waals surface area (Å²) in [4.78, 5) is 13.5. The summed E-state index contributed by atoms with van der Waals surface area (Å²) in [6.45, 7) is 0. The number of carbonyl (C=O) groups excluding carboxylic acids is 1. The van der Waals surface area contributed by atoms with Crippen LogP contribution in [0.15, 0.2) is 60.7 Å². The first-order valence-corrected chi connectivity index (χ1v) is 7.95. The van der Waals surface area contributed by atoms with Crippen molar-refractivity contribution in [3.8, 4) is 0 Å². The van der Waals surface area contributed by atoms with Crippen LogP contribution < -0.4 is 4.90 Å². The van der Waals surface area contributed by atoms with Gasteiger partial charge in [-0.1, -0.05) is 48.5 Å². The molecule has 1 amide bonds. The van der Waals surface area contributed by atoms with E-state index in [2.05, 4.69) is 0 Å². The molecular weight excluding hydrogens is 274 g/mol. The number of sulfone groups is 1. The van der Waals surface area contributed by atoms with Crippen molar-refractivity contribution >= 4 is 21.4 Å². The van der Waals surface area contributed by atoms with Crippen molar-refractivity contribution in [2.45, 2.75) is 5.37 Å². The maximum atomic E-state index is 12.3. The Bertz CT molecular complexity index is 726. The highest BCUT2D eigenvalue weighted by molar-refractivity contribution is 7.93. The molecule has 4 nitrogen and oxygen atoms in total. The van der Waals surface area contributed by atoms with Crippen LogP contribution in [0.25, 0.3) is 0 Å². The number of hydrogen-bond acceptors (Lipinski definition) is 3. The second kappa shape index (κ2) is 4.76. The van der Waals surface area contributed by atoms with Gasteiger partial charge in [0.25, 0.3) is 0 Å².